The highest BCUT2D eigenvalue weighted by Crippen LogP contribution is 2.36. The van der Waals surface area contributed by atoms with E-state index in [4.69, 9.17) is 9.47 Å². The number of pyridine rings is 1. The van der Waals surface area contributed by atoms with E-state index in [1.165, 1.54) is 14.2 Å². The van der Waals surface area contributed by atoms with Crippen LogP contribution < -0.4 is 15.0 Å². The van der Waals surface area contributed by atoms with Crippen LogP contribution >= 0.6 is 0 Å². The van der Waals surface area contributed by atoms with Crippen molar-refractivity contribution in [3.63, 3.8) is 0 Å². The summed E-state index contributed by atoms with van der Waals surface area (Å²) in [6, 6.07) is 0. The lowest BCUT2D eigenvalue weighted by atomic mass is 9.95. The van der Waals surface area contributed by atoms with Crippen molar-refractivity contribution in [3.05, 3.63) is 15.9 Å². The standard InChI is InChI=1S/C13H19NO5/c1-5-6-7(2)9(15)8-10(16)11(18-3)13(19-4)14-12(8)17/h7H,5-6H2,1-4H3,(H2,14,16,17). The third-order valence-corrected chi connectivity index (χ3v) is 2.94. The lowest BCUT2D eigenvalue weighted by Gasteiger charge is -2.13. The van der Waals surface area contributed by atoms with E-state index in [-0.39, 0.29) is 23.1 Å². The van der Waals surface area contributed by atoms with E-state index >= 15 is 0 Å². The fourth-order valence-electron chi connectivity index (χ4n) is 1.92. The number of nitrogens with one attached hydrogen (secondary N) is 1. The third-order valence-electron chi connectivity index (χ3n) is 2.94. The molecule has 19 heavy (non-hydrogen) atoms. The summed E-state index contributed by atoms with van der Waals surface area (Å²) in [5, 5.41) is 10.0. The van der Waals surface area contributed by atoms with Gasteiger partial charge in [-0.3, -0.25) is 14.6 Å². The number of hydrogen-bond acceptors (Lipinski definition) is 5. The second-order valence-corrected chi connectivity index (χ2v) is 4.30. The van der Waals surface area contributed by atoms with Gasteiger partial charge in [0.15, 0.2) is 11.5 Å². The van der Waals surface area contributed by atoms with Crippen LogP contribution in [-0.4, -0.2) is 30.1 Å². The summed E-state index contributed by atoms with van der Waals surface area (Å²) >= 11 is 0. The topological polar surface area (TPSA) is 88.6 Å². The molecule has 0 aliphatic rings. The number of aromatic hydroxyl groups is 1. The maximum absolute atomic E-state index is 12.2. The number of H-pyrrole nitrogens is 1. The molecule has 1 aromatic rings. The Bertz CT molecular complexity index is 521. The van der Waals surface area contributed by atoms with Crippen molar-refractivity contribution < 1.29 is 19.4 Å². The molecule has 0 saturated carbocycles. The first-order valence-electron chi connectivity index (χ1n) is 6.09. The molecule has 0 fully saturated rings. The molecule has 0 bridgehead atoms. The number of hydrogen-bond donors (Lipinski definition) is 2. The Balaban J connectivity index is 3.36. The maximum Gasteiger partial charge on any atom is 0.265 e. The monoisotopic (exact) mass is 269 g/mol. The molecular formula is C13H19NO5. The first-order valence-corrected chi connectivity index (χ1v) is 6.09. The van der Waals surface area contributed by atoms with Gasteiger partial charge in [-0.15, -0.1) is 0 Å². The predicted molar refractivity (Wildman–Crippen MR) is 70.2 cm³/mol. The molecule has 0 spiro atoms. The third kappa shape index (κ3) is 2.89. The second kappa shape index (κ2) is 6.26. The summed E-state index contributed by atoms with van der Waals surface area (Å²) in [5.41, 5.74) is -0.957. The number of methoxy groups -OCH3 is 2. The predicted octanol–water partition coefficient (Wildman–Crippen LogP) is 1.72. The Morgan fingerprint density at radius 2 is 2.00 bits per heavy atom. The molecule has 0 amide bonds. The van der Waals surface area contributed by atoms with Gasteiger partial charge in [0.05, 0.1) is 14.2 Å². The van der Waals surface area contributed by atoms with E-state index in [0.717, 1.165) is 6.42 Å². The van der Waals surface area contributed by atoms with E-state index in [1.807, 2.05) is 6.92 Å². The number of carbonyl (C=O) groups is 1. The first-order chi connectivity index (χ1) is 8.97. The molecule has 2 N–H and O–H groups in total. The summed E-state index contributed by atoms with van der Waals surface area (Å²) in [5.74, 6) is -1.27. The van der Waals surface area contributed by atoms with Crippen LogP contribution in [0.15, 0.2) is 4.79 Å². The van der Waals surface area contributed by atoms with Gasteiger partial charge in [0.2, 0.25) is 11.6 Å². The lowest BCUT2D eigenvalue weighted by Crippen LogP contribution is -2.23. The van der Waals surface area contributed by atoms with Gasteiger partial charge in [0.25, 0.3) is 5.56 Å². The van der Waals surface area contributed by atoms with Gasteiger partial charge in [0.1, 0.15) is 5.56 Å². The number of Topliss-reactive ketones (excluding diaryl/α,β-unsaturated/α-hetero) is 1. The van der Waals surface area contributed by atoms with Crippen molar-refractivity contribution in [3.8, 4) is 17.4 Å². The average Bonchev–Trinajstić information content (AvgIpc) is 2.38. The SMILES string of the molecule is CCCC(C)C(=O)c1c(O)c(OC)c(OC)[nH]c1=O. The zero-order chi connectivity index (χ0) is 14.6. The Hall–Kier alpha value is -1.98. The summed E-state index contributed by atoms with van der Waals surface area (Å²) in [4.78, 5) is 26.4. The van der Waals surface area contributed by atoms with Gasteiger partial charge in [-0.25, -0.2) is 0 Å². The number of ketones is 1. The summed E-state index contributed by atoms with van der Waals surface area (Å²) in [7, 11) is 2.65. The molecule has 6 nitrogen and oxygen atoms in total. The van der Waals surface area contributed by atoms with Crippen molar-refractivity contribution in [1.29, 1.82) is 0 Å². The van der Waals surface area contributed by atoms with Crippen molar-refractivity contribution in [2.24, 2.45) is 5.92 Å². The molecule has 1 unspecified atom stereocenters. The van der Waals surface area contributed by atoms with Crippen LogP contribution in [0, 0.1) is 5.92 Å². The van der Waals surface area contributed by atoms with Crippen molar-refractivity contribution in [2.75, 3.05) is 14.2 Å². The first kappa shape index (κ1) is 15.1. The Labute approximate surface area is 111 Å². The number of aromatic nitrogens is 1. The molecule has 1 heterocycles. The zero-order valence-electron chi connectivity index (χ0n) is 11.6. The number of rotatable bonds is 6. The molecule has 0 radical (unpaired) electrons. The minimum absolute atomic E-state index is 0.00954. The van der Waals surface area contributed by atoms with E-state index in [9.17, 15) is 14.7 Å². The van der Waals surface area contributed by atoms with Gasteiger partial charge in [-0.2, -0.15) is 0 Å². The average molecular weight is 269 g/mol. The fourth-order valence-corrected chi connectivity index (χ4v) is 1.92. The quantitative estimate of drug-likeness (QED) is 0.767. The largest absolute Gasteiger partial charge is 0.503 e. The molecule has 0 saturated heterocycles. The highest BCUT2D eigenvalue weighted by Gasteiger charge is 2.26. The fraction of sp³-hybridized carbons (Fsp3) is 0.538. The maximum atomic E-state index is 12.2. The molecule has 1 rings (SSSR count). The van der Waals surface area contributed by atoms with Crippen LogP contribution in [0.3, 0.4) is 0 Å². The van der Waals surface area contributed by atoms with Crippen molar-refractivity contribution in [2.45, 2.75) is 26.7 Å². The normalized spacial score (nSPS) is 12.0. The molecule has 6 heteroatoms. The van der Waals surface area contributed by atoms with Crippen LogP contribution in [0.1, 0.15) is 37.0 Å². The highest BCUT2D eigenvalue weighted by molar-refractivity contribution is 6.00. The summed E-state index contributed by atoms with van der Waals surface area (Å²) in [6.07, 6.45) is 1.46. The van der Waals surface area contributed by atoms with Gasteiger partial charge < -0.3 is 14.6 Å². The van der Waals surface area contributed by atoms with E-state index in [2.05, 4.69) is 4.98 Å². The molecule has 0 aliphatic heterocycles. The molecule has 1 atom stereocenters. The second-order valence-electron chi connectivity index (χ2n) is 4.30. The molecule has 0 aliphatic carbocycles. The highest BCUT2D eigenvalue weighted by atomic mass is 16.5. The van der Waals surface area contributed by atoms with E-state index in [1.54, 1.807) is 6.92 Å². The van der Waals surface area contributed by atoms with Crippen LogP contribution in [-0.2, 0) is 0 Å². The Morgan fingerprint density at radius 1 is 1.37 bits per heavy atom. The molecule has 106 valence electrons. The van der Waals surface area contributed by atoms with E-state index in [0.29, 0.717) is 6.42 Å². The van der Waals surface area contributed by atoms with Gasteiger partial charge in [0, 0.05) is 5.92 Å². The minimum atomic E-state index is -0.678. The Kier molecular flexibility index (Phi) is 4.97. The van der Waals surface area contributed by atoms with Crippen LogP contribution in [0.5, 0.6) is 17.4 Å². The zero-order valence-corrected chi connectivity index (χ0v) is 11.6. The Morgan fingerprint density at radius 3 is 2.47 bits per heavy atom. The number of carbonyl (C=O) groups excluding carboxylic acids is 1. The van der Waals surface area contributed by atoms with Crippen LogP contribution in [0.25, 0.3) is 0 Å². The van der Waals surface area contributed by atoms with Crippen LogP contribution in [0.4, 0.5) is 0 Å². The lowest BCUT2D eigenvalue weighted by molar-refractivity contribution is 0.0918. The van der Waals surface area contributed by atoms with Gasteiger partial charge >= 0.3 is 0 Å². The van der Waals surface area contributed by atoms with Crippen molar-refractivity contribution >= 4 is 5.78 Å². The van der Waals surface area contributed by atoms with Gasteiger partial charge in [-0.05, 0) is 6.42 Å². The molecule has 0 aromatic carbocycles. The van der Waals surface area contributed by atoms with Crippen LogP contribution in [0.2, 0.25) is 0 Å². The molecule has 1 aromatic heterocycles. The number of ether oxygens (including phenoxy) is 2. The number of aromatic amines is 1. The summed E-state index contributed by atoms with van der Waals surface area (Å²) in [6.45, 7) is 3.67. The van der Waals surface area contributed by atoms with Crippen molar-refractivity contribution in [1.82, 2.24) is 4.98 Å². The van der Waals surface area contributed by atoms with Gasteiger partial charge in [-0.1, -0.05) is 20.3 Å². The minimum Gasteiger partial charge on any atom is -0.503 e. The molecular weight excluding hydrogens is 250 g/mol. The van der Waals surface area contributed by atoms with E-state index < -0.39 is 17.1 Å². The summed E-state index contributed by atoms with van der Waals surface area (Å²) < 4.78 is 9.84. The smallest absolute Gasteiger partial charge is 0.265 e.